The van der Waals surface area contributed by atoms with Crippen LogP contribution in [-0.4, -0.2) is 25.1 Å². The van der Waals surface area contributed by atoms with Crippen LogP contribution >= 0.6 is 15.9 Å². The third-order valence-electron chi connectivity index (χ3n) is 2.69. The van der Waals surface area contributed by atoms with Crippen LogP contribution in [0.25, 0.3) is 0 Å². The van der Waals surface area contributed by atoms with E-state index < -0.39 is 0 Å². The Kier molecular flexibility index (Phi) is 3.74. The lowest BCUT2D eigenvalue weighted by Gasteiger charge is -2.33. The number of benzene rings is 1. The second kappa shape index (κ2) is 5.08. The van der Waals surface area contributed by atoms with Gasteiger partial charge in [0.05, 0.1) is 12.7 Å². The van der Waals surface area contributed by atoms with E-state index in [1.54, 1.807) is 0 Å². The van der Waals surface area contributed by atoms with E-state index in [0.717, 1.165) is 10.0 Å². The number of carbonyl (C=O) groups is 1. The Morgan fingerprint density at radius 2 is 2.06 bits per heavy atom. The van der Waals surface area contributed by atoms with E-state index in [4.69, 9.17) is 9.47 Å². The number of halogens is 1. The van der Waals surface area contributed by atoms with Gasteiger partial charge in [-0.05, 0) is 17.7 Å². The molecule has 1 aromatic carbocycles. The highest BCUT2D eigenvalue weighted by Gasteiger charge is 2.40. The highest BCUT2D eigenvalue weighted by atomic mass is 79.9. The van der Waals surface area contributed by atoms with Crippen molar-refractivity contribution in [3.05, 3.63) is 34.3 Å². The van der Waals surface area contributed by atoms with Gasteiger partial charge in [0.25, 0.3) is 0 Å². The Balaban J connectivity index is 1.84. The highest BCUT2D eigenvalue weighted by molar-refractivity contribution is 9.10. The van der Waals surface area contributed by atoms with Gasteiger partial charge in [0.15, 0.2) is 5.78 Å². The second-order valence-electron chi connectivity index (χ2n) is 3.80. The number of hydrogen-bond acceptors (Lipinski definition) is 3. The molecule has 0 saturated heterocycles. The van der Waals surface area contributed by atoms with E-state index >= 15 is 0 Å². The molecule has 0 radical (unpaired) electrons. The van der Waals surface area contributed by atoms with E-state index in [1.165, 1.54) is 7.11 Å². The minimum absolute atomic E-state index is 0.0823. The fraction of sp³-hybridized carbons (Fsp3) is 0.417. The summed E-state index contributed by atoms with van der Waals surface area (Å²) in [6.07, 6.45) is 0.0197. The van der Waals surface area contributed by atoms with Crippen LogP contribution in [-0.2, 0) is 20.9 Å². The van der Waals surface area contributed by atoms with Crippen LogP contribution in [0.4, 0.5) is 0 Å². The number of carbonyl (C=O) groups excluding carboxylic acids is 1. The molecule has 0 spiro atoms. The van der Waals surface area contributed by atoms with Gasteiger partial charge in [-0.2, -0.15) is 0 Å². The Labute approximate surface area is 103 Å². The average Bonchev–Trinajstić information content (AvgIpc) is 2.26. The minimum Gasteiger partial charge on any atom is -0.371 e. The fourth-order valence-electron chi connectivity index (χ4n) is 1.68. The molecule has 3 nitrogen and oxygen atoms in total. The Hall–Kier alpha value is -0.710. The van der Waals surface area contributed by atoms with Crippen LogP contribution in [0.2, 0.25) is 0 Å². The zero-order chi connectivity index (χ0) is 11.5. The number of Topliss-reactive ketones (excluding diaryl/α,β-unsaturated/α-hetero) is 1. The Morgan fingerprint density at radius 1 is 1.38 bits per heavy atom. The van der Waals surface area contributed by atoms with Crippen molar-refractivity contribution in [1.29, 1.82) is 0 Å². The molecule has 0 N–H and O–H groups in total. The van der Waals surface area contributed by atoms with Crippen molar-refractivity contribution >= 4 is 21.7 Å². The molecule has 1 aliphatic carbocycles. The monoisotopic (exact) mass is 284 g/mol. The van der Waals surface area contributed by atoms with Gasteiger partial charge in [-0.1, -0.05) is 28.1 Å². The lowest BCUT2D eigenvalue weighted by atomic mass is 9.90. The number of ether oxygens (including phenoxy) is 2. The van der Waals surface area contributed by atoms with Crippen LogP contribution in [0, 0.1) is 0 Å². The van der Waals surface area contributed by atoms with Crippen LogP contribution in [0.3, 0.4) is 0 Å². The molecule has 0 aromatic heterocycles. The van der Waals surface area contributed by atoms with Crippen LogP contribution < -0.4 is 0 Å². The first-order valence-electron chi connectivity index (χ1n) is 5.12. The molecule has 0 amide bonds. The number of rotatable bonds is 4. The van der Waals surface area contributed by atoms with Crippen molar-refractivity contribution in [1.82, 2.24) is 0 Å². The molecule has 0 bridgehead atoms. The molecule has 0 aliphatic heterocycles. The minimum atomic E-state index is -0.365. The molecule has 2 unspecified atom stereocenters. The summed E-state index contributed by atoms with van der Waals surface area (Å²) in [5.41, 5.74) is 1.09. The molecule has 1 aromatic rings. The molecule has 1 fully saturated rings. The topological polar surface area (TPSA) is 35.5 Å². The normalized spacial score (nSPS) is 24.2. The van der Waals surface area contributed by atoms with Crippen molar-refractivity contribution in [3.8, 4) is 0 Å². The van der Waals surface area contributed by atoms with E-state index in [1.807, 2.05) is 24.3 Å². The summed E-state index contributed by atoms with van der Waals surface area (Å²) in [4.78, 5) is 11.1. The molecular formula is C12H13BrO3. The summed E-state index contributed by atoms with van der Waals surface area (Å²) in [6.45, 7) is 0.519. The molecule has 2 atom stereocenters. The predicted octanol–water partition coefficient (Wildman–Crippen LogP) is 2.32. The smallest absolute Gasteiger partial charge is 0.166 e. The number of methoxy groups -OCH3 is 1. The first-order chi connectivity index (χ1) is 7.70. The molecule has 1 saturated carbocycles. The van der Waals surface area contributed by atoms with Gasteiger partial charge in [0.1, 0.15) is 6.10 Å². The van der Waals surface area contributed by atoms with Gasteiger partial charge in [-0.25, -0.2) is 0 Å². The SMILES string of the molecule is COC1C(=O)CC1OCc1ccc(Br)cc1. The van der Waals surface area contributed by atoms with E-state index in [0.29, 0.717) is 13.0 Å². The third kappa shape index (κ3) is 2.51. The van der Waals surface area contributed by atoms with E-state index in [9.17, 15) is 4.79 Å². The Morgan fingerprint density at radius 3 is 2.62 bits per heavy atom. The highest BCUT2D eigenvalue weighted by Crippen LogP contribution is 2.23. The summed E-state index contributed by atoms with van der Waals surface area (Å²) in [7, 11) is 1.54. The van der Waals surface area contributed by atoms with Gasteiger partial charge in [-0.15, -0.1) is 0 Å². The van der Waals surface area contributed by atoms with Gasteiger partial charge in [0, 0.05) is 18.0 Å². The zero-order valence-electron chi connectivity index (χ0n) is 8.98. The van der Waals surface area contributed by atoms with Crippen LogP contribution in [0.5, 0.6) is 0 Å². The van der Waals surface area contributed by atoms with Crippen LogP contribution in [0.1, 0.15) is 12.0 Å². The Bertz CT molecular complexity index is 374. The largest absolute Gasteiger partial charge is 0.371 e. The summed E-state index contributed by atoms with van der Waals surface area (Å²) in [6, 6.07) is 7.93. The standard InChI is InChI=1S/C12H13BrO3/c1-15-12-10(14)6-11(12)16-7-8-2-4-9(13)5-3-8/h2-5,11-12H,6-7H2,1H3. The molecule has 1 aliphatic rings. The van der Waals surface area contributed by atoms with E-state index in [2.05, 4.69) is 15.9 Å². The lowest BCUT2D eigenvalue weighted by molar-refractivity contribution is -0.163. The van der Waals surface area contributed by atoms with Gasteiger partial charge in [0.2, 0.25) is 0 Å². The quantitative estimate of drug-likeness (QED) is 0.851. The molecule has 16 heavy (non-hydrogen) atoms. The van der Waals surface area contributed by atoms with Crippen molar-refractivity contribution in [2.24, 2.45) is 0 Å². The summed E-state index contributed by atoms with van der Waals surface area (Å²) in [5, 5.41) is 0. The molecule has 86 valence electrons. The molecular weight excluding hydrogens is 272 g/mol. The molecule has 4 heteroatoms. The van der Waals surface area contributed by atoms with Gasteiger partial charge in [-0.3, -0.25) is 4.79 Å². The summed E-state index contributed by atoms with van der Waals surface area (Å²) in [5.74, 6) is 0.128. The third-order valence-corrected chi connectivity index (χ3v) is 3.22. The maximum Gasteiger partial charge on any atom is 0.166 e. The number of hydrogen-bond donors (Lipinski definition) is 0. The first-order valence-corrected chi connectivity index (χ1v) is 5.91. The van der Waals surface area contributed by atoms with Crippen molar-refractivity contribution in [3.63, 3.8) is 0 Å². The van der Waals surface area contributed by atoms with Crippen molar-refractivity contribution in [2.75, 3.05) is 7.11 Å². The fourth-order valence-corrected chi connectivity index (χ4v) is 1.95. The van der Waals surface area contributed by atoms with Gasteiger partial charge >= 0.3 is 0 Å². The predicted molar refractivity (Wildman–Crippen MR) is 63.1 cm³/mol. The van der Waals surface area contributed by atoms with Crippen molar-refractivity contribution < 1.29 is 14.3 Å². The second-order valence-corrected chi connectivity index (χ2v) is 4.72. The van der Waals surface area contributed by atoms with Gasteiger partial charge < -0.3 is 9.47 Å². The van der Waals surface area contributed by atoms with E-state index in [-0.39, 0.29) is 18.0 Å². The first kappa shape index (κ1) is 11.8. The van der Waals surface area contributed by atoms with Crippen LogP contribution in [0.15, 0.2) is 28.7 Å². The summed E-state index contributed by atoms with van der Waals surface area (Å²) < 4.78 is 11.7. The maximum atomic E-state index is 11.1. The lowest BCUT2D eigenvalue weighted by Crippen LogP contribution is -2.49. The zero-order valence-corrected chi connectivity index (χ0v) is 10.6. The average molecular weight is 285 g/mol. The molecule has 0 heterocycles. The maximum absolute atomic E-state index is 11.1. The molecule has 2 rings (SSSR count). The van der Waals surface area contributed by atoms with Crippen molar-refractivity contribution in [2.45, 2.75) is 25.2 Å². The summed E-state index contributed by atoms with van der Waals surface area (Å²) >= 11 is 3.37. The number of ketones is 1.